The number of allylic oxidation sites excluding steroid dienone is 2. The molecule has 108 valence electrons. The van der Waals surface area contributed by atoms with Gasteiger partial charge in [0.1, 0.15) is 0 Å². The highest BCUT2D eigenvalue weighted by atomic mass is 14.1. The molecular weight excluding hydrogens is 252 g/mol. The number of hydrogen-bond acceptors (Lipinski definition) is 0. The van der Waals surface area contributed by atoms with Gasteiger partial charge in [-0.2, -0.15) is 0 Å². The Morgan fingerprint density at radius 1 is 0.905 bits per heavy atom. The van der Waals surface area contributed by atoms with E-state index in [2.05, 4.69) is 63.4 Å². The van der Waals surface area contributed by atoms with Crippen LogP contribution in [0.2, 0.25) is 0 Å². The van der Waals surface area contributed by atoms with E-state index in [4.69, 9.17) is 0 Å². The van der Waals surface area contributed by atoms with Gasteiger partial charge in [-0.05, 0) is 59.6 Å². The van der Waals surface area contributed by atoms with Gasteiger partial charge in [-0.15, -0.1) is 13.2 Å². The maximum Gasteiger partial charge on any atom is -0.00973 e. The first-order valence-electron chi connectivity index (χ1n) is 7.63. The summed E-state index contributed by atoms with van der Waals surface area (Å²) >= 11 is 0. The van der Waals surface area contributed by atoms with Crippen molar-refractivity contribution in [2.45, 2.75) is 33.1 Å². The van der Waals surface area contributed by atoms with E-state index in [1.807, 2.05) is 12.2 Å². The quantitative estimate of drug-likeness (QED) is 0.595. The van der Waals surface area contributed by atoms with Crippen LogP contribution in [0.4, 0.5) is 0 Å². The number of aryl methyl sites for hydroxylation is 2. The Labute approximate surface area is 128 Å². The Morgan fingerprint density at radius 2 is 1.67 bits per heavy atom. The Kier molecular flexibility index (Phi) is 5.16. The van der Waals surface area contributed by atoms with Crippen LogP contribution in [-0.2, 0) is 19.3 Å². The third kappa shape index (κ3) is 3.52. The molecule has 0 nitrogen and oxygen atoms in total. The summed E-state index contributed by atoms with van der Waals surface area (Å²) in [7, 11) is 0. The zero-order valence-electron chi connectivity index (χ0n) is 13.2. The summed E-state index contributed by atoms with van der Waals surface area (Å²) in [4.78, 5) is 0. The molecule has 0 aliphatic heterocycles. The van der Waals surface area contributed by atoms with Crippen molar-refractivity contribution in [2.75, 3.05) is 0 Å². The molecule has 0 aromatic heterocycles. The molecule has 0 bridgehead atoms. The SMILES string of the molecule is C=CCc1ccc(CC)c(-c2ccc(C)c(CC=C)c2)c1. The first kappa shape index (κ1) is 15.3. The lowest BCUT2D eigenvalue weighted by Crippen LogP contribution is -1.94. The lowest BCUT2D eigenvalue weighted by atomic mass is 9.92. The van der Waals surface area contributed by atoms with E-state index in [9.17, 15) is 0 Å². The van der Waals surface area contributed by atoms with Gasteiger partial charge in [0.05, 0.1) is 0 Å². The summed E-state index contributed by atoms with van der Waals surface area (Å²) in [6, 6.07) is 13.5. The van der Waals surface area contributed by atoms with Gasteiger partial charge in [0.2, 0.25) is 0 Å². The molecule has 2 aromatic rings. The van der Waals surface area contributed by atoms with E-state index >= 15 is 0 Å². The maximum absolute atomic E-state index is 3.86. The molecule has 21 heavy (non-hydrogen) atoms. The van der Waals surface area contributed by atoms with Crippen molar-refractivity contribution in [3.8, 4) is 11.1 Å². The predicted molar refractivity (Wildman–Crippen MR) is 93.8 cm³/mol. The van der Waals surface area contributed by atoms with Gasteiger partial charge in [-0.25, -0.2) is 0 Å². The van der Waals surface area contributed by atoms with Crippen molar-refractivity contribution in [2.24, 2.45) is 0 Å². The van der Waals surface area contributed by atoms with Crippen molar-refractivity contribution in [3.63, 3.8) is 0 Å². The normalized spacial score (nSPS) is 10.4. The minimum atomic E-state index is 0.919. The van der Waals surface area contributed by atoms with Crippen LogP contribution in [0.5, 0.6) is 0 Å². The topological polar surface area (TPSA) is 0 Å². The van der Waals surface area contributed by atoms with E-state index in [0.717, 1.165) is 19.3 Å². The Morgan fingerprint density at radius 3 is 2.33 bits per heavy atom. The van der Waals surface area contributed by atoms with Crippen molar-refractivity contribution in [3.05, 3.63) is 84.0 Å². The molecule has 0 saturated carbocycles. The number of benzene rings is 2. The highest BCUT2D eigenvalue weighted by molar-refractivity contribution is 5.69. The molecule has 0 aliphatic carbocycles. The van der Waals surface area contributed by atoms with Gasteiger partial charge < -0.3 is 0 Å². The van der Waals surface area contributed by atoms with E-state index in [0.29, 0.717) is 0 Å². The van der Waals surface area contributed by atoms with Crippen molar-refractivity contribution in [1.82, 2.24) is 0 Å². The Bertz CT molecular complexity index is 647. The number of rotatable bonds is 6. The van der Waals surface area contributed by atoms with Gasteiger partial charge in [0, 0.05) is 0 Å². The Hall–Kier alpha value is -2.08. The van der Waals surface area contributed by atoms with Crippen molar-refractivity contribution >= 4 is 0 Å². The molecule has 2 aromatic carbocycles. The lowest BCUT2D eigenvalue weighted by molar-refractivity contribution is 1.13. The molecule has 0 aliphatic rings. The lowest BCUT2D eigenvalue weighted by Gasteiger charge is -2.13. The van der Waals surface area contributed by atoms with Gasteiger partial charge in [-0.1, -0.05) is 55.5 Å². The first-order valence-corrected chi connectivity index (χ1v) is 7.63. The highest BCUT2D eigenvalue weighted by Gasteiger charge is 2.07. The van der Waals surface area contributed by atoms with E-state index in [-0.39, 0.29) is 0 Å². The molecule has 0 spiro atoms. The summed E-state index contributed by atoms with van der Waals surface area (Å²) in [5, 5.41) is 0. The smallest absolute Gasteiger partial charge is 0.00973 e. The summed E-state index contributed by atoms with van der Waals surface area (Å²) in [6.07, 6.45) is 6.83. The molecule has 0 saturated heterocycles. The zero-order valence-corrected chi connectivity index (χ0v) is 13.2. The van der Waals surface area contributed by atoms with E-state index in [1.54, 1.807) is 0 Å². The summed E-state index contributed by atoms with van der Waals surface area (Å²) in [5.74, 6) is 0. The fraction of sp³-hybridized carbons (Fsp3) is 0.238. The monoisotopic (exact) mass is 276 g/mol. The number of hydrogen-bond donors (Lipinski definition) is 0. The average molecular weight is 276 g/mol. The fourth-order valence-electron chi connectivity index (χ4n) is 2.71. The third-order valence-electron chi connectivity index (χ3n) is 3.96. The van der Waals surface area contributed by atoms with Crippen molar-refractivity contribution < 1.29 is 0 Å². The Balaban J connectivity index is 2.53. The predicted octanol–water partition coefficient (Wildman–Crippen LogP) is 5.68. The van der Waals surface area contributed by atoms with Crippen LogP contribution in [0.3, 0.4) is 0 Å². The molecule has 0 amide bonds. The van der Waals surface area contributed by atoms with Crippen LogP contribution in [0, 0.1) is 6.92 Å². The van der Waals surface area contributed by atoms with Crippen LogP contribution in [0.1, 0.15) is 29.2 Å². The van der Waals surface area contributed by atoms with Crippen LogP contribution < -0.4 is 0 Å². The van der Waals surface area contributed by atoms with E-state index < -0.39 is 0 Å². The van der Waals surface area contributed by atoms with E-state index in [1.165, 1.54) is 33.4 Å². The second-order valence-electron chi connectivity index (χ2n) is 5.47. The summed E-state index contributed by atoms with van der Waals surface area (Å²) in [6.45, 7) is 12.1. The first-order chi connectivity index (χ1) is 10.2. The standard InChI is InChI=1S/C21H24/c1-5-8-17-11-13-18(7-3)21(14-17)20-12-10-16(4)19(15-20)9-6-2/h5-6,10-15H,1-2,7-9H2,3-4H3. The molecular formula is C21H24. The molecule has 0 heteroatoms. The van der Waals surface area contributed by atoms with Crippen LogP contribution in [0.25, 0.3) is 11.1 Å². The third-order valence-corrected chi connectivity index (χ3v) is 3.96. The fourth-order valence-corrected chi connectivity index (χ4v) is 2.71. The molecule has 0 N–H and O–H groups in total. The summed E-state index contributed by atoms with van der Waals surface area (Å²) < 4.78 is 0. The maximum atomic E-state index is 3.86. The second kappa shape index (κ2) is 7.08. The molecule has 0 heterocycles. The zero-order chi connectivity index (χ0) is 15.2. The minimum absolute atomic E-state index is 0.919. The largest absolute Gasteiger partial charge is 0.103 e. The average Bonchev–Trinajstić information content (AvgIpc) is 2.50. The highest BCUT2D eigenvalue weighted by Crippen LogP contribution is 2.28. The minimum Gasteiger partial charge on any atom is -0.103 e. The van der Waals surface area contributed by atoms with Gasteiger partial charge >= 0.3 is 0 Å². The van der Waals surface area contributed by atoms with Gasteiger partial charge in [-0.3, -0.25) is 0 Å². The van der Waals surface area contributed by atoms with Gasteiger partial charge in [0.15, 0.2) is 0 Å². The molecule has 0 unspecified atom stereocenters. The van der Waals surface area contributed by atoms with Crippen LogP contribution >= 0.6 is 0 Å². The van der Waals surface area contributed by atoms with Crippen LogP contribution in [-0.4, -0.2) is 0 Å². The van der Waals surface area contributed by atoms with Crippen molar-refractivity contribution in [1.29, 1.82) is 0 Å². The van der Waals surface area contributed by atoms with Crippen LogP contribution in [0.15, 0.2) is 61.7 Å². The van der Waals surface area contributed by atoms with Gasteiger partial charge in [0.25, 0.3) is 0 Å². The molecule has 0 atom stereocenters. The molecule has 2 rings (SSSR count). The molecule has 0 fully saturated rings. The second-order valence-corrected chi connectivity index (χ2v) is 5.47. The molecule has 0 radical (unpaired) electrons. The summed E-state index contributed by atoms with van der Waals surface area (Å²) in [5.41, 5.74) is 8.07.